The highest BCUT2D eigenvalue weighted by molar-refractivity contribution is 7.89. The molecule has 0 saturated carbocycles. The minimum absolute atomic E-state index is 0.0635. The van der Waals surface area contributed by atoms with Gasteiger partial charge in [0.25, 0.3) is 0 Å². The largest absolute Gasteiger partial charge is 0.383 e. The molecule has 0 aliphatic carbocycles. The summed E-state index contributed by atoms with van der Waals surface area (Å²) in [6.07, 6.45) is 0. The number of nitrogens with two attached hydrogens (primary N) is 1. The molecule has 6 nitrogen and oxygen atoms in total. The van der Waals surface area contributed by atoms with E-state index in [0.717, 1.165) is 5.56 Å². The summed E-state index contributed by atoms with van der Waals surface area (Å²) in [6, 6.07) is 4.70. The van der Waals surface area contributed by atoms with Gasteiger partial charge in [-0.15, -0.1) is 0 Å². The van der Waals surface area contributed by atoms with Crippen molar-refractivity contribution in [2.45, 2.75) is 11.4 Å². The highest BCUT2D eigenvalue weighted by atomic mass is 35.5. The fourth-order valence-electron chi connectivity index (χ4n) is 1.76. The summed E-state index contributed by atoms with van der Waals surface area (Å²) in [5.74, 6) is 0. The molecule has 0 saturated heterocycles. The minimum atomic E-state index is -3.70. The van der Waals surface area contributed by atoms with E-state index in [0.29, 0.717) is 19.8 Å². The van der Waals surface area contributed by atoms with Crippen molar-refractivity contribution in [3.8, 4) is 0 Å². The normalized spacial score (nSPS) is 12.0. The summed E-state index contributed by atoms with van der Waals surface area (Å²) in [7, 11) is -0.665. The third-order valence-electron chi connectivity index (χ3n) is 2.94. The number of ether oxygens (including phenoxy) is 2. The van der Waals surface area contributed by atoms with Gasteiger partial charge in [-0.05, 0) is 17.7 Å². The Balaban J connectivity index is 3.08. The third-order valence-corrected chi connectivity index (χ3v) is 5.32. The first kappa shape index (κ1) is 18.3. The van der Waals surface area contributed by atoms with E-state index in [-0.39, 0.29) is 23.0 Å². The summed E-state index contributed by atoms with van der Waals surface area (Å²) in [6.45, 7) is 1.36. The van der Waals surface area contributed by atoms with Gasteiger partial charge in [0.1, 0.15) is 4.90 Å². The molecule has 0 heterocycles. The monoisotopic (exact) mass is 336 g/mol. The van der Waals surface area contributed by atoms with Gasteiger partial charge in [0.05, 0.1) is 18.2 Å². The third kappa shape index (κ3) is 4.91. The maximum absolute atomic E-state index is 12.7. The van der Waals surface area contributed by atoms with Crippen LogP contribution in [0.2, 0.25) is 5.02 Å². The van der Waals surface area contributed by atoms with Crippen molar-refractivity contribution < 1.29 is 17.9 Å². The number of benzene rings is 1. The topological polar surface area (TPSA) is 81.9 Å². The highest BCUT2D eigenvalue weighted by Gasteiger charge is 2.26. The van der Waals surface area contributed by atoms with Gasteiger partial charge in [0, 0.05) is 33.9 Å². The predicted octanol–water partition coefficient (Wildman–Crippen LogP) is 1.08. The summed E-state index contributed by atoms with van der Waals surface area (Å²) in [5, 5.41) is 0.165. The fraction of sp³-hybridized carbons (Fsp3) is 0.538. The van der Waals surface area contributed by atoms with Crippen LogP contribution in [0.1, 0.15) is 5.56 Å². The van der Waals surface area contributed by atoms with Gasteiger partial charge in [-0.25, -0.2) is 8.42 Å². The van der Waals surface area contributed by atoms with Gasteiger partial charge in [-0.3, -0.25) is 0 Å². The Bertz CT molecular complexity index is 543. The number of halogens is 1. The molecule has 1 aromatic carbocycles. The van der Waals surface area contributed by atoms with E-state index in [9.17, 15) is 8.42 Å². The quantitative estimate of drug-likeness (QED) is 0.729. The molecule has 0 aliphatic heterocycles. The Morgan fingerprint density at radius 2 is 1.76 bits per heavy atom. The minimum Gasteiger partial charge on any atom is -0.383 e. The van der Waals surface area contributed by atoms with Crippen molar-refractivity contribution >= 4 is 21.6 Å². The fourth-order valence-corrected chi connectivity index (χ4v) is 3.71. The first-order valence-electron chi connectivity index (χ1n) is 6.44. The zero-order chi connectivity index (χ0) is 15.9. The smallest absolute Gasteiger partial charge is 0.244 e. The van der Waals surface area contributed by atoms with Crippen LogP contribution in [0.15, 0.2) is 23.1 Å². The van der Waals surface area contributed by atoms with Crippen LogP contribution in [-0.2, 0) is 26.0 Å². The van der Waals surface area contributed by atoms with E-state index in [1.807, 2.05) is 0 Å². The number of nitrogens with zero attached hydrogens (tertiary/aromatic N) is 1. The Morgan fingerprint density at radius 3 is 2.19 bits per heavy atom. The molecule has 0 aliphatic rings. The van der Waals surface area contributed by atoms with Crippen LogP contribution in [0.3, 0.4) is 0 Å². The number of sulfonamides is 1. The molecule has 0 amide bonds. The SMILES string of the molecule is COCCN(CCOC)S(=O)(=O)c1ccc(CN)cc1Cl. The molecular weight excluding hydrogens is 316 g/mol. The Labute approximate surface area is 130 Å². The van der Waals surface area contributed by atoms with Crippen LogP contribution in [-0.4, -0.2) is 53.2 Å². The molecule has 2 N–H and O–H groups in total. The molecule has 21 heavy (non-hydrogen) atoms. The van der Waals surface area contributed by atoms with Crippen molar-refractivity contribution in [2.24, 2.45) is 5.73 Å². The molecule has 120 valence electrons. The van der Waals surface area contributed by atoms with E-state index in [1.165, 1.54) is 24.6 Å². The summed E-state index contributed by atoms with van der Waals surface area (Å²) in [5.41, 5.74) is 6.29. The van der Waals surface area contributed by atoms with Crippen molar-refractivity contribution in [3.63, 3.8) is 0 Å². The van der Waals surface area contributed by atoms with Gasteiger partial charge in [-0.1, -0.05) is 17.7 Å². The van der Waals surface area contributed by atoms with Gasteiger partial charge >= 0.3 is 0 Å². The van der Waals surface area contributed by atoms with Crippen molar-refractivity contribution in [3.05, 3.63) is 28.8 Å². The molecule has 0 atom stereocenters. The Morgan fingerprint density at radius 1 is 1.19 bits per heavy atom. The van der Waals surface area contributed by atoms with Crippen LogP contribution in [0, 0.1) is 0 Å². The molecule has 1 aromatic rings. The predicted molar refractivity (Wildman–Crippen MR) is 81.9 cm³/mol. The first-order valence-corrected chi connectivity index (χ1v) is 8.25. The maximum atomic E-state index is 12.7. The van der Waals surface area contributed by atoms with Gasteiger partial charge in [0.15, 0.2) is 0 Å². The molecule has 8 heteroatoms. The molecule has 0 unspecified atom stereocenters. The van der Waals surface area contributed by atoms with E-state index in [2.05, 4.69) is 0 Å². The second-order valence-corrected chi connectivity index (χ2v) is 6.67. The molecule has 0 bridgehead atoms. The summed E-state index contributed by atoms with van der Waals surface area (Å²) < 4.78 is 36.5. The first-order chi connectivity index (χ1) is 9.97. The van der Waals surface area contributed by atoms with E-state index < -0.39 is 10.0 Å². The Hall–Kier alpha value is -0.700. The number of hydrogen-bond donors (Lipinski definition) is 1. The van der Waals surface area contributed by atoms with E-state index in [4.69, 9.17) is 26.8 Å². The standard InChI is InChI=1S/C13H21ClN2O4S/c1-19-7-5-16(6-8-20-2)21(17,18)13-4-3-11(10-15)9-12(13)14/h3-4,9H,5-8,10,15H2,1-2H3. The van der Waals surface area contributed by atoms with Crippen molar-refractivity contribution in [2.75, 3.05) is 40.5 Å². The van der Waals surface area contributed by atoms with Crippen LogP contribution in [0.5, 0.6) is 0 Å². The second-order valence-electron chi connectivity index (χ2n) is 4.36. The average molecular weight is 337 g/mol. The summed E-state index contributed by atoms with van der Waals surface area (Å²) in [4.78, 5) is 0.0635. The van der Waals surface area contributed by atoms with Crippen molar-refractivity contribution in [1.82, 2.24) is 4.31 Å². The van der Waals surface area contributed by atoms with Gasteiger partial charge in [0.2, 0.25) is 10.0 Å². The zero-order valence-corrected chi connectivity index (χ0v) is 13.8. The maximum Gasteiger partial charge on any atom is 0.244 e. The van der Waals surface area contributed by atoms with Gasteiger partial charge < -0.3 is 15.2 Å². The number of rotatable bonds is 9. The molecular formula is C13H21ClN2O4S. The second kappa shape index (κ2) is 8.67. The Kier molecular flexibility index (Phi) is 7.58. The number of hydrogen-bond acceptors (Lipinski definition) is 5. The van der Waals surface area contributed by atoms with Crippen LogP contribution >= 0.6 is 11.6 Å². The van der Waals surface area contributed by atoms with Crippen LogP contribution < -0.4 is 5.73 Å². The van der Waals surface area contributed by atoms with E-state index in [1.54, 1.807) is 12.1 Å². The molecule has 0 spiro atoms. The molecule has 0 radical (unpaired) electrons. The van der Waals surface area contributed by atoms with Crippen LogP contribution in [0.4, 0.5) is 0 Å². The van der Waals surface area contributed by atoms with E-state index >= 15 is 0 Å². The lowest BCUT2D eigenvalue weighted by molar-refractivity contribution is 0.150. The summed E-state index contributed by atoms with van der Waals surface area (Å²) >= 11 is 6.08. The average Bonchev–Trinajstić information content (AvgIpc) is 2.46. The van der Waals surface area contributed by atoms with Gasteiger partial charge in [-0.2, -0.15) is 4.31 Å². The van der Waals surface area contributed by atoms with Crippen LogP contribution in [0.25, 0.3) is 0 Å². The highest BCUT2D eigenvalue weighted by Crippen LogP contribution is 2.25. The molecule has 1 rings (SSSR count). The van der Waals surface area contributed by atoms with Crippen molar-refractivity contribution in [1.29, 1.82) is 0 Å². The lowest BCUT2D eigenvalue weighted by Crippen LogP contribution is -2.36. The lowest BCUT2D eigenvalue weighted by atomic mass is 10.2. The molecule has 0 fully saturated rings. The molecule has 0 aromatic heterocycles. The zero-order valence-electron chi connectivity index (χ0n) is 12.2. The lowest BCUT2D eigenvalue weighted by Gasteiger charge is -2.22. The number of methoxy groups -OCH3 is 2.